The summed E-state index contributed by atoms with van der Waals surface area (Å²) in [6, 6.07) is 7.88. The lowest BCUT2D eigenvalue weighted by Gasteiger charge is -2.18. The van der Waals surface area contributed by atoms with Crippen molar-refractivity contribution in [2.45, 2.75) is 46.3 Å². The number of ether oxygens (including phenoxy) is 1. The minimum absolute atomic E-state index is 0.0670. The molecule has 0 bridgehead atoms. The van der Waals surface area contributed by atoms with Gasteiger partial charge in [-0.2, -0.15) is 0 Å². The lowest BCUT2D eigenvalue weighted by molar-refractivity contribution is -0.127. The third-order valence-corrected chi connectivity index (χ3v) is 2.77. The van der Waals surface area contributed by atoms with Crippen molar-refractivity contribution >= 4 is 5.91 Å². The number of amides is 1. The smallest absolute Gasteiger partial charge is 0.260 e. The van der Waals surface area contributed by atoms with Gasteiger partial charge in [-0.15, -0.1) is 0 Å². The van der Waals surface area contributed by atoms with Crippen molar-refractivity contribution in [2.24, 2.45) is 0 Å². The zero-order chi connectivity index (χ0) is 12.8. The van der Waals surface area contributed by atoms with Gasteiger partial charge < -0.3 is 10.1 Å². The van der Waals surface area contributed by atoms with E-state index >= 15 is 0 Å². The van der Waals surface area contributed by atoms with E-state index in [1.54, 1.807) is 6.92 Å². The second kappa shape index (κ2) is 6.28. The van der Waals surface area contributed by atoms with Gasteiger partial charge >= 0.3 is 0 Å². The molecule has 1 amide bonds. The zero-order valence-electron chi connectivity index (χ0n) is 11.0. The van der Waals surface area contributed by atoms with Crippen molar-refractivity contribution in [3.8, 4) is 5.75 Å². The lowest BCUT2D eigenvalue weighted by Crippen LogP contribution is -2.41. The number of para-hydroxylation sites is 1. The van der Waals surface area contributed by atoms with Gasteiger partial charge in [0.15, 0.2) is 6.10 Å². The summed E-state index contributed by atoms with van der Waals surface area (Å²) in [5.41, 5.74) is 1.04. The van der Waals surface area contributed by atoms with Crippen molar-refractivity contribution in [3.05, 3.63) is 29.8 Å². The Labute approximate surface area is 103 Å². The van der Waals surface area contributed by atoms with Crippen LogP contribution in [0.3, 0.4) is 0 Å². The predicted molar refractivity (Wildman–Crippen MR) is 69.2 cm³/mol. The van der Waals surface area contributed by atoms with E-state index in [0.29, 0.717) is 0 Å². The Morgan fingerprint density at radius 2 is 2.00 bits per heavy atom. The maximum absolute atomic E-state index is 11.8. The van der Waals surface area contributed by atoms with Crippen molar-refractivity contribution in [2.75, 3.05) is 0 Å². The Morgan fingerprint density at radius 1 is 1.35 bits per heavy atom. The molecule has 0 unspecified atom stereocenters. The summed E-state index contributed by atoms with van der Waals surface area (Å²) in [6.45, 7) is 7.76. The number of carbonyl (C=O) groups excluding carboxylic acids is 1. The van der Waals surface area contributed by atoms with E-state index in [1.807, 2.05) is 45.0 Å². The Bertz CT molecular complexity index is 376. The first-order valence-corrected chi connectivity index (χ1v) is 6.07. The average Bonchev–Trinajstić information content (AvgIpc) is 2.31. The van der Waals surface area contributed by atoms with E-state index in [1.165, 1.54) is 0 Å². The number of benzene rings is 1. The van der Waals surface area contributed by atoms with Crippen molar-refractivity contribution < 1.29 is 9.53 Å². The normalized spacial score (nSPS) is 13.9. The van der Waals surface area contributed by atoms with Crippen LogP contribution in [0.15, 0.2) is 24.3 Å². The molecule has 0 heterocycles. The summed E-state index contributed by atoms with van der Waals surface area (Å²) in [4.78, 5) is 11.8. The van der Waals surface area contributed by atoms with E-state index in [4.69, 9.17) is 4.74 Å². The van der Waals surface area contributed by atoms with Gasteiger partial charge in [0, 0.05) is 6.04 Å². The molecular weight excluding hydrogens is 214 g/mol. The number of carbonyl (C=O) groups is 1. The fourth-order valence-corrected chi connectivity index (χ4v) is 1.39. The van der Waals surface area contributed by atoms with Gasteiger partial charge in [0.1, 0.15) is 5.75 Å². The highest BCUT2D eigenvalue weighted by Crippen LogP contribution is 2.17. The molecule has 0 saturated carbocycles. The van der Waals surface area contributed by atoms with Crippen LogP contribution in [0.25, 0.3) is 0 Å². The van der Waals surface area contributed by atoms with Gasteiger partial charge in [-0.25, -0.2) is 0 Å². The fourth-order valence-electron chi connectivity index (χ4n) is 1.39. The molecule has 94 valence electrons. The molecule has 0 aliphatic heterocycles. The fraction of sp³-hybridized carbons (Fsp3) is 0.500. The monoisotopic (exact) mass is 235 g/mol. The van der Waals surface area contributed by atoms with Crippen LogP contribution >= 0.6 is 0 Å². The Hall–Kier alpha value is -1.51. The summed E-state index contributed by atoms with van der Waals surface area (Å²) in [5.74, 6) is 0.696. The van der Waals surface area contributed by atoms with Crippen LogP contribution in [-0.4, -0.2) is 18.1 Å². The van der Waals surface area contributed by atoms with E-state index in [-0.39, 0.29) is 11.9 Å². The third kappa shape index (κ3) is 4.10. The van der Waals surface area contributed by atoms with Crippen LogP contribution in [0.1, 0.15) is 32.8 Å². The van der Waals surface area contributed by atoms with Crippen molar-refractivity contribution in [1.29, 1.82) is 0 Å². The largest absolute Gasteiger partial charge is 0.481 e. The van der Waals surface area contributed by atoms with Gasteiger partial charge in [0.05, 0.1) is 0 Å². The molecule has 3 nitrogen and oxygen atoms in total. The van der Waals surface area contributed by atoms with Crippen LogP contribution in [0.4, 0.5) is 0 Å². The second-order valence-electron chi connectivity index (χ2n) is 4.34. The van der Waals surface area contributed by atoms with Gasteiger partial charge in [0.2, 0.25) is 0 Å². The molecule has 17 heavy (non-hydrogen) atoms. The highest BCUT2D eigenvalue weighted by molar-refractivity contribution is 5.81. The molecule has 0 fully saturated rings. The van der Waals surface area contributed by atoms with Crippen LogP contribution in [0, 0.1) is 6.92 Å². The number of nitrogens with one attached hydrogen (secondary N) is 1. The molecule has 3 heteroatoms. The first-order valence-electron chi connectivity index (χ1n) is 6.07. The number of hydrogen-bond acceptors (Lipinski definition) is 2. The summed E-state index contributed by atoms with van der Waals surface area (Å²) in [5, 5.41) is 2.91. The molecule has 0 radical (unpaired) electrons. The van der Waals surface area contributed by atoms with E-state index in [2.05, 4.69) is 5.32 Å². The standard InChI is InChI=1S/C14H21NO2/c1-5-11(3)15-14(16)12(4)17-13-9-7-6-8-10(13)2/h6-9,11-12H,5H2,1-4H3,(H,15,16)/t11-,12+/m1/s1. The molecule has 0 aliphatic rings. The molecule has 0 aromatic heterocycles. The Kier molecular flexibility index (Phi) is 5.01. The van der Waals surface area contributed by atoms with Crippen LogP contribution in [0.2, 0.25) is 0 Å². The summed E-state index contributed by atoms with van der Waals surface area (Å²) < 4.78 is 5.64. The molecule has 0 aliphatic carbocycles. The van der Waals surface area contributed by atoms with Gasteiger partial charge in [0.25, 0.3) is 5.91 Å². The summed E-state index contributed by atoms with van der Waals surface area (Å²) >= 11 is 0. The van der Waals surface area contributed by atoms with E-state index in [0.717, 1.165) is 17.7 Å². The first-order chi connectivity index (χ1) is 8.04. The van der Waals surface area contributed by atoms with Crippen molar-refractivity contribution in [3.63, 3.8) is 0 Å². The third-order valence-electron chi connectivity index (χ3n) is 2.77. The summed E-state index contributed by atoms with van der Waals surface area (Å²) in [7, 11) is 0. The van der Waals surface area contributed by atoms with E-state index < -0.39 is 6.10 Å². The summed E-state index contributed by atoms with van der Waals surface area (Å²) in [6.07, 6.45) is 0.452. The molecule has 1 aromatic carbocycles. The van der Waals surface area contributed by atoms with Gasteiger partial charge in [-0.1, -0.05) is 25.1 Å². The zero-order valence-corrected chi connectivity index (χ0v) is 11.0. The minimum Gasteiger partial charge on any atom is -0.481 e. The number of hydrogen-bond donors (Lipinski definition) is 1. The molecule has 0 saturated heterocycles. The number of rotatable bonds is 5. The second-order valence-corrected chi connectivity index (χ2v) is 4.34. The minimum atomic E-state index is -0.468. The molecule has 0 spiro atoms. The lowest BCUT2D eigenvalue weighted by atomic mass is 10.2. The van der Waals surface area contributed by atoms with Gasteiger partial charge in [-0.05, 0) is 38.8 Å². The quantitative estimate of drug-likeness (QED) is 0.852. The highest BCUT2D eigenvalue weighted by Gasteiger charge is 2.16. The predicted octanol–water partition coefficient (Wildman–Crippen LogP) is 2.68. The number of aryl methyl sites for hydroxylation is 1. The Morgan fingerprint density at radius 3 is 2.59 bits per heavy atom. The average molecular weight is 235 g/mol. The van der Waals surface area contributed by atoms with Crippen molar-refractivity contribution in [1.82, 2.24) is 5.32 Å². The molecular formula is C14H21NO2. The van der Waals surface area contributed by atoms with Crippen LogP contribution in [0.5, 0.6) is 5.75 Å². The SMILES string of the molecule is CC[C@@H](C)NC(=O)[C@H](C)Oc1ccccc1C. The first kappa shape index (κ1) is 13.6. The maximum Gasteiger partial charge on any atom is 0.260 e. The maximum atomic E-state index is 11.8. The molecule has 1 aromatic rings. The molecule has 2 atom stereocenters. The van der Waals surface area contributed by atoms with Crippen LogP contribution < -0.4 is 10.1 Å². The van der Waals surface area contributed by atoms with E-state index in [9.17, 15) is 4.79 Å². The molecule has 1 N–H and O–H groups in total. The van der Waals surface area contributed by atoms with Gasteiger partial charge in [-0.3, -0.25) is 4.79 Å². The Balaban J connectivity index is 2.57. The van der Waals surface area contributed by atoms with Crippen LogP contribution in [-0.2, 0) is 4.79 Å². The topological polar surface area (TPSA) is 38.3 Å². The molecule has 1 rings (SSSR count). The highest BCUT2D eigenvalue weighted by atomic mass is 16.5.